The highest BCUT2D eigenvalue weighted by atomic mass is 32.2. The van der Waals surface area contributed by atoms with Crippen LogP contribution in [0.5, 0.6) is 0 Å². The molecule has 1 saturated heterocycles. The number of rotatable bonds is 9. The van der Waals surface area contributed by atoms with Gasteiger partial charge in [0.15, 0.2) is 11.9 Å². The summed E-state index contributed by atoms with van der Waals surface area (Å²) in [7, 11) is -3.86. The second-order valence-electron chi connectivity index (χ2n) is 15.1. The number of nitrogens with one attached hydrogen (secondary N) is 4. The zero-order valence-corrected chi connectivity index (χ0v) is 31.0. The van der Waals surface area contributed by atoms with Gasteiger partial charge in [-0.2, -0.15) is 5.06 Å². The van der Waals surface area contributed by atoms with Gasteiger partial charge in [0.1, 0.15) is 23.4 Å². The molecule has 1 aromatic carbocycles. The van der Waals surface area contributed by atoms with E-state index in [0.29, 0.717) is 36.5 Å². The number of hydroxylamine groups is 2. The Morgan fingerprint density at radius 1 is 1.04 bits per heavy atom. The largest absolute Gasteiger partial charge is 0.360 e. The van der Waals surface area contributed by atoms with Crippen LogP contribution >= 0.6 is 12.2 Å². The molecule has 4 N–H and O–H groups in total. The average molecular weight is 761 g/mol. The number of fused-ring (bicyclic) bond motifs is 3. The van der Waals surface area contributed by atoms with E-state index in [-0.39, 0.29) is 56.4 Å². The SMILES string of the molecule is O=C1N[C@]2(C(=O)NS(=O)(=O)C3CC3)C[C@H]2/C=C\CCCCC[C@H](NC(=S)NC2CCCC2)C(=O)N2C[C@H](OCON3Cc4cccc(F)c4C3)C[C@@H]12. The quantitative estimate of drug-likeness (QED) is 0.167. The molecule has 5 atom stereocenters. The van der Waals surface area contributed by atoms with Crippen LogP contribution < -0.4 is 20.7 Å². The van der Waals surface area contributed by atoms with Crippen molar-refractivity contribution in [2.24, 2.45) is 5.92 Å². The fourth-order valence-corrected chi connectivity index (χ4v) is 9.65. The van der Waals surface area contributed by atoms with Gasteiger partial charge >= 0.3 is 0 Å². The third kappa shape index (κ3) is 8.46. The Balaban J connectivity index is 1.08. The Labute approximate surface area is 309 Å². The maximum absolute atomic E-state index is 14.4. The molecule has 1 aromatic rings. The highest BCUT2D eigenvalue weighted by Gasteiger charge is 2.62. The number of sulfonamides is 1. The van der Waals surface area contributed by atoms with Gasteiger partial charge in [-0.1, -0.05) is 50.0 Å². The van der Waals surface area contributed by atoms with Crippen molar-refractivity contribution in [2.45, 2.75) is 132 Å². The lowest BCUT2D eigenvalue weighted by Gasteiger charge is -2.30. The van der Waals surface area contributed by atoms with Crippen LogP contribution in [0.3, 0.4) is 0 Å². The molecular formula is C36H49FN6O7S2. The van der Waals surface area contributed by atoms with E-state index in [0.717, 1.165) is 56.9 Å². The summed E-state index contributed by atoms with van der Waals surface area (Å²) < 4.78 is 48.2. The highest BCUT2D eigenvalue weighted by molar-refractivity contribution is 7.91. The summed E-state index contributed by atoms with van der Waals surface area (Å²) in [5.41, 5.74) is -0.0349. The minimum Gasteiger partial charge on any atom is -0.360 e. The third-order valence-electron chi connectivity index (χ3n) is 11.3. The second-order valence-corrected chi connectivity index (χ2v) is 17.5. The van der Waals surface area contributed by atoms with Crippen molar-refractivity contribution in [3.05, 3.63) is 47.3 Å². The van der Waals surface area contributed by atoms with Crippen molar-refractivity contribution < 1.29 is 36.8 Å². The molecule has 7 rings (SSSR count). The van der Waals surface area contributed by atoms with Crippen LogP contribution in [0.2, 0.25) is 0 Å². The molecule has 6 aliphatic rings. The van der Waals surface area contributed by atoms with E-state index in [9.17, 15) is 27.2 Å². The summed E-state index contributed by atoms with van der Waals surface area (Å²) >= 11 is 5.67. The molecule has 3 amide bonds. The molecule has 3 heterocycles. The molecule has 52 heavy (non-hydrogen) atoms. The first-order chi connectivity index (χ1) is 25.0. The Morgan fingerprint density at radius 2 is 1.83 bits per heavy atom. The molecule has 4 fully saturated rings. The Bertz CT molecular complexity index is 1690. The first kappa shape index (κ1) is 37.1. The maximum Gasteiger partial charge on any atom is 0.259 e. The fourth-order valence-electron chi connectivity index (χ4n) is 7.98. The lowest BCUT2D eigenvalue weighted by atomic mass is 10.0. The standard InChI is InChI=1S/C36H49FN6O7S2/c37-29-13-8-9-23-19-42(21-28(23)29)50-22-49-26-17-31-32(44)40-36(34(46)41-52(47,48)27-15-16-27)18-24(36)10-4-2-1-3-5-14-30(33(45)43(31)20-26)39-35(51)38-25-11-6-7-12-25/h4,8-10,13,24-27,30-31H,1-3,5-7,11-12,14-22H2,(H,40,44)(H,41,46)(H2,38,39,51)/b10-4-/t24-,26-,30+,31+,36-/m1/s1. The number of thiocarbonyl (C=S) groups is 1. The van der Waals surface area contributed by atoms with E-state index >= 15 is 0 Å². The Morgan fingerprint density at radius 3 is 2.60 bits per heavy atom. The highest BCUT2D eigenvalue weighted by Crippen LogP contribution is 2.46. The van der Waals surface area contributed by atoms with Gasteiger partial charge < -0.3 is 25.6 Å². The zero-order chi connectivity index (χ0) is 36.5. The van der Waals surface area contributed by atoms with Gasteiger partial charge in [0, 0.05) is 30.5 Å². The molecule has 0 radical (unpaired) electrons. The maximum atomic E-state index is 14.4. The van der Waals surface area contributed by atoms with E-state index in [2.05, 4.69) is 20.7 Å². The first-order valence-electron chi connectivity index (χ1n) is 18.7. The third-order valence-corrected chi connectivity index (χ3v) is 13.3. The molecule has 0 aromatic heterocycles. The average Bonchev–Trinajstić information content (AvgIpc) is 3.89. The number of ether oxygens (including phenoxy) is 1. The van der Waals surface area contributed by atoms with Crippen LogP contribution in [-0.4, -0.2) is 89.6 Å². The molecule has 0 unspecified atom stereocenters. The number of carbonyl (C=O) groups is 3. The first-order valence-corrected chi connectivity index (χ1v) is 20.7. The van der Waals surface area contributed by atoms with E-state index in [4.69, 9.17) is 21.8 Å². The van der Waals surface area contributed by atoms with Crippen LogP contribution in [0.4, 0.5) is 4.39 Å². The summed E-state index contributed by atoms with van der Waals surface area (Å²) in [6, 6.07) is 3.49. The summed E-state index contributed by atoms with van der Waals surface area (Å²) in [5.74, 6) is -2.29. The molecule has 16 heteroatoms. The number of carbonyl (C=O) groups excluding carboxylic acids is 3. The second kappa shape index (κ2) is 15.7. The normalized spacial score (nSPS) is 30.7. The lowest BCUT2D eigenvalue weighted by Crippen LogP contribution is -2.59. The number of benzene rings is 1. The summed E-state index contributed by atoms with van der Waals surface area (Å²) in [6.07, 6.45) is 12.7. The summed E-state index contributed by atoms with van der Waals surface area (Å²) in [6.45, 7) is 0.583. The summed E-state index contributed by atoms with van der Waals surface area (Å²) in [5, 5.41) is 10.9. The van der Waals surface area contributed by atoms with E-state index in [1.54, 1.807) is 11.1 Å². The van der Waals surface area contributed by atoms with Crippen LogP contribution in [0.25, 0.3) is 0 Å². The van der Waals surface area contributed by atoms with Gasteiger partial charge in [0.2, 0.25) is 21.8 Å². The van der Waals surface area contributed by atoms with E-state index in [1.165, 1.54) is 11.0 Å². The number of nitrogens with zero attached hydrogens (tertiary/aromatic N) is 2. The predicted molar refractivity (Wildman–Crippen MR) is 193 cm³/mol. The summed E-state index contributed by atoms with van der Waals surface area (Å²) in [4.78, 5) is 49.6. The minimum absolute atomic E-state index is 0.0920. The predicted octanol–water partition coefficient (Wildman–Crippen LogP) is 2.80. The molecule has 3 aliphatic heterocycles. The Hall–Kier alpha value is -3.18. The van der Waals surface area contributed by atoms with Crippen molar-refractivity contribution in [3.8, 4) is 0 Å². The van der Waals surface area contributed by atoms with Crippen LogP contribution in [-0.2, 0) is 47.1 Å². The van der Waals surface area contributed by atoms with Crippen LogP contribution in [0.15, 0.2) is 30.4 Å². The number of amides is 3. The van der Waals surface area contributed by atoms with Gasteiger partial charge in [0.05, 0.1) is 24.4 Å². The molecule has 0 bridgehead atoms. The van der Waals surface area contributed by atoms with Crippen LogP contribution in [0.1, 0.15) is 94.6 Å². The molecule has 13 nitrogen and oxygen atoms in total. The van der Waals surface area contributed by atoms with Gasteiger partial charge in [-0.25, -0.2) is 12.8 Å². The smallest absolute Gasteiger partial charge is 0.259 e. The number of hydrogen-bond acceptors (Lipinski definition) is 9. The van der Waals surface area contributed by atoms with Gasteiger partial charge in [-0.05, 0) is 75.2 Å². The Kier molecular flexibility index (Phi) is 11.2. The number of hydrogen-bond donors (Lipinski definition) is 4. The molecule has 3 saturated carbocycles. The molecule has 0 spiro atoms. The monoisotopic (exact) mass is 760 g/mol. The van der Waals surface area contributed by atoms with E-state index < -0.39 is 50.8 Å². The van der Waals surface area contributed by atoms with E-state index in [1.807, 2.05) is 18.2 Å². The van der Waals surface area contributed by atoms with Crippen molar-refractivity contribution in [1.29, 1.82) is 0 Å². The van der Waals surface area contributed by atoms with Crippen molar-refractivity contribution in [3.63, 3.8) is 0 Å². The zero-order valence-electron chi connectivity index (χ0n) is 29.3. The number of halogens is 1. The molecule has 3 aliphatic carbocycles. The topological polar surface area (TPSA) is 158 Å². The fraction of sp³-hybridized carbons (Fsp3) is 0.667. The van der Waals surface area contributed by atoms with Crippen LogP contribution in [0, 0.1) is 11.7 Å². The van der Waals surface area contributed by atoms with Crippen molar-refractivity contribution in [2.75, 3.05) is 13.3 Å². The molecule has 284 valence electrons. The van der Waals surface area contributed by atoms with Gasteiger partial charge in [0.25, 0.3) is 5.91 Å². The molecular weight excluding hydrogens is 712 g/mol. The lowest BCUT2D eigenvalue weighted by molar-refractivity contribution is -0.239. The van der Waals surface area contributed by atoms with Crippen molar-refractivity contribution in [1.82, 2.24) is 30.6 Å². The number of allylic oxidation sites excluding steroid dienone is 1. The van der Waals surface area contributed by atoms with Gasteiger partial charge in [-0.3, -0.25) is 23.9 Å². The van der Waals surface area contributed by atoms with Crippen molar-refractivity contribution >= 4 is 45.1 Å². The van der Waals surface area contributed by atoms with Gasteiger partial charge in [-0.15, -0.1) is 0 Å². The minimum atomic E-state index is -3.86.